The van der Waals surface area contributed by atoms with Gasteiger partial charge in [0.2, 0.25) is 0 Å². The summed E-state index contributed by atoms with van der Waals surface area (Å²) in [6.45, 7) is 3.65. The van der Waals surface area contributed by atoms with E-state index in [1.165, 1.54) is 12.1 Å². The minimum Gasteiger partial charge on any atom is -0.348 e. The van der Waals surface area contributed by atoms with Crippen molar-refractivity contribution >= 4 is 23.2 Å². The van der Waals surface area contributed by atoms with Crippen LogP contribution >= 0.6 is 11.6 Å². The number of hydrogen-bond donors (Lipinski definition) is 1. The van der Waals surface area contributed by atoms with Crippen LogP contribution in [-0.2, 0) is 0 Å². The third kappa shape index (κ3) is 3.43. The number of aryl methyl sites for hydroxylation is 1. The zero-order valence-electron chi connectivity index (χ0n) is 10.3. The number of non-ortho nitro benzene ring substituents is 1. The van der Waals surface area contributed by atoms with E-state index in [9.17, 15) is 14.9 Å². The molecule has 98 valence electrons. The van der Waals surface area contributed by atoms with Crippen LogP contribution in [0.15, 0.2) is 18.2 Å². The summed E-state index contributed by atoms with van der Waals surface area (Å²) in [5.41, 5.74) is 0.917. The van der Waals surface area contributed by atoms with Gasteiger partial charge in [0.05, 0.1) is 4.92 Å². The maximum absolute atomic E-state index is 12.0. The van der Waals surface area contributed by atoms with Gasteiger partial charge in [-0.2, -0.15) is 0 Å². The third-order valence-electron chi connectivity index (χ3n) is 2.69. The SMILES string of the molecule is CCC(CCl)NC(=O)c1cc([N+](=O)[O-])ccc1C. The Morgan fingerprint density at radius 2 is 2.22 bits per heavy atom. The van der Waals surface area contributed by atoms with Gasteiger partial charge in [-0.25, -0.2) is 0 Å². The van der Waals surface area contributed by atoms with Crippen molar-refractivity contribution in [1.82, 2.24) is 5.32 Å². The number of nitro groups is 1. The van der Waals surface area contributed by atoms with Crippen molar-refractivity contribution in [3.63, 3.8) is 0 Å². The molecular weight excluding hydrogens is 256 g/mol. The van der Waals surface area contributed by atoms with E-state index in [2.05, 4.69) is 5.32 Å². The number of amides is 1. The average molecular weight is 271 g/mol. The number of rotatable bonds is 5. The molecular formula is C12H15ClN2O3. The number of nitrogens with one attached hydrogen (secondary N) is 1. The highest BCUT2D eigenvalue weighted by atomic mass is 35.5. The molecule has 0 aliphatic carbocycles. The van der Waals surface area contributed by atoms with E-state index < -0.39 is 4.92 Å². The zero-order chi connectivity index (χ0) is 13.7. The van der Waals surface area contributed by atoms with Gasteiger partial charge in [0.1, 0.15) is 0 Å². The topological polar surface area (TPSA) is 72.2 Å². The van der Waals surface area contributed by atoms with E-state index in [-0.39, 0.29) is 17.6 Å². The predicted octanol–water partition coefficient (Wildman–Crippen LogP) is 2.65. The molecule has 0 aliphatic rings. The lowest BCUT2D eigenvalue weighted by molar-refractivity contribution is -0.384. The van der Waals surface area contributed by atoms with Crippen LogP contribution in [0.3, 0.4) is 0 Å². The Kier molecular flexibility index (Phi) is 5.09. The van der Waals surface area contributed by atoms with Gasteiger partial charge >= 0.3 is 0 Å². The molecule has 1 aromatic carbocycles. The van der Waals surface area contributed by atoms with Crippen molar-refractivity contribution < 1.29 is 9.72 Å². The number of halogens is 1. The summed E-state index contributed by atoms with van der Waals surface area (Å²) in [6.07, 6.45) is 0.712. The second-order valence-electron chi connectivity index (χ2n) is 3.99. The Morgan fingerprint density at radius 1 is 1.56 bits per heavy atom. The minimum atomic E-state index is -0.519. The van der Waals surface area contributed by atoms with Gasteiger partial charge < -0.3 is 5.32 Å². The molecule has 1 unspecified atom stereocenters. The Hall–Kier alpha value is -1.62. The summed E-state index contributed by atoms with van der Waals surface area (Å²) >= 11 is 5.70. The molecule has 5 nitrogen and oxygen atoms in total. The van der Waals surface area contributed by atoms with Crippen molar-refractivity contribution in [2.24, 2.45) is 0 Å². The summed E-state index contributed by atoms with van der Waals surface area (Å²) in [7, 11) is 0. The van der Waals surface area contributed by atoms with Crippen LogP contribution in [0.5, 0.6) is 0 Å². The normalized spacial score (nSPS) is 11.9. The predicted molar refractivity (Wildman–Crippen MR) is 70.1 cm³/mol. The Balaban J connectivity index is 2.97. The maximum atomic E-state index is 12.0. The summed E-state index contributed by atoms with van der Waals surface area (Å²) in [5, 5.41) is 13.4. The van der Waals surface area contributed by atoms with Crippen LogP contribution < -0.4 is 5.32 Å². The van der Waals surface area contributed by atoms with Crippen LogP contribution in [0.4, 0.5) is 5.69 Å². The number of carbonyl (C=O) groups is 1. The molecule has 0 saturated carbocycles. The van der Waals surface area contributed by atoms with Crippen molar-refractivity contribution in [3.05, 3.63) is 39.4 Å². The van der Waals surface area contributed by atoms with E-state index in [0.29, 0.717) is 23.4 Å². The van der Waals surface area contributed by atoms with E-state index in [1.807, 2.05) is 6.92 Å². The molecule has 1 rings (SSSR count). The molecule has 0 heterocycles. The molecule has 0 saturated heterocycles. The molecule has 0 fully saturated rings. The molecule has 0 aromatic heterocycles. The number of carbonyl (C=O) groups excluding carboxylic acids is 1. The molecule has 1 atom stereocenters. The van der Waals surface area contributed by atoms with Crippen LogP contribution in [0.25, 0.3) is 0 Å². The first-order chi connectivity index (χ1) is 8.49. The molecule has 0 aliphatic heterocycles. The van der Waals surface area contributed by atoms with E-state index in [1.54, 1.807) is 13.0 Å². The van der Waals surface area contributed by atoms with Gasteiger partial charge in [-0.1, -0.05) is 13.0 Å². The Bertz CT molecular complexity index is 459. The van der Waals surface area contributed by atoms with E-state index in [4.69, 9.17) is 11.6 Å². The Labute approximate surface area is 110 Å². The van der Waals surface area contributed by atoms with Crippen molar-refractivity contribution in [3.8, 4) is 0 Å². The Morgan fingerprint density at radius 3 is 2.72 bits per heavy atom. The van der Waals surface area contributed by atoms with Crippen molar-refractivity contribution in [2.75, 3.05) is 5.88 Å². The molecule has 0 bridgehead atoms. The van der Waals surface area contributed by atoms with Crippen LogP contribution in [0, 0.1) is 17.0 Å². The van der Waals surface area contributed by atoms with Gasteiger partial charge in [0.25, 0.3) is 11.6 Å². The fourth-order valence-electron chi connectivity index (χ4n) is 1.48. The largest absolute Gasteiger partial charge is 0.348 e. The first kappa shape index (κ1) is 14.4. The first-order valence-corrected chi connectivity index (χ1v) is 6.14. The monoisotopic (exact) mass is 270 g/mol. The maximum Gasteiger partial charge on any atom is 0.270 e. The number of nitrogens with zero attached hydrogens (tertiary/aromatic N) is 1. The highest BCUT2D eigenvalue weighted by Crippen LogP contribution is 2.17. The van der Waals surface area contributed by atoms with Crippen LogP contribution in [0.2, 0.25) is 0 Å². The number of nitro benzene ring substituents is 1. The van der Waals surface area contributed by atoms with Crippen LogP contribution in [0.1, 0.15) is 29.3 Å². The molecule has 6 heteroatoms. The highest BCUT2D eigenvalue weighted by Gasteiger charge is 2.16. The lowest BCUT2D eigenvalue weighted by Gasteiger charge is -2.14. The lowest BCUT2D eigenvalue weighted by Crippen LogP contribution is -2.36. The van der Waals surface area contributed by atoms with Crippen LogP contribution in [-0.4, -0.2) is 22.8 Å². The second-order valence-corrected chi connectivity index (χ2v) is 4.30. The first-order valence-electron chi connectivity index (χ1n) is 5.61. The fourth-order valence-corrected chi connectivity index (χ4v) is 1.78. The molecule has 0 radical (unpaired) electrons. The molecule has 1 amide bonds. The van der Waals surface area contributed by atoms with Gasteiger partial charge in [0, 0.05) is 29.6 Å². The number of alkyl halides is 1. The summed E-state index contributed by atoms with van der Waals surface area (Å²) in [4.78, 5) is 22.1. The van der Waals surface area contributed by atoms with Crippen molar-refractivity contribution in [2.45, 2.75) is 26.3 Å². The second kappa shape index (κ2) is 6.35. The standard InChI is InChI=1S/C12H15ClN2O3/c1-3-9(7-13)14-12(16)11-6-10(15(17)18)5-4-8(11)2/h4-6,9H,3,7H2,1-2H3,(H,14,16). The van der Waals surface area contributed by atoms with Crippen molar-refractivity contribution in [1.29, 1.82) is 0 Å². The minimum absolute atomic E-state index is 0.0929. The lowest BCUT2D eigenvalue weighted by atomic mass is 10.1. The van der Waals surface area contributed by atoms with E-state index in [0.717, 1.165) is 0 Å². The molecule has 18 heavy (non-hydrogen) atoms. The summed E-state index contributed by atoms with van der Waals surface area (Å²) < 4.78 is 0. The third-order valence-corrected chi connectivity index (χ3v) is 3.06. The quantitative estimate of drug-likeness (QED) is 0.508. The fraction of sp³-hybridized carbons (Fsp3) is 0.417. The zero-order valence-corrected chi connectivity index (χ0v) is 11.0. The summed E-state index contributed by atoms with van der Waals surface area (Å²) in [5.74, 6) is -0.0142. The molecule has 1 aromatic rings. The number of benzene rings is 1. The smallest absolute Gasteiger partial charge is 0.270 e. The van der Waals surface area contributed by atoms with Gasteiger partial charge in [0.15, 0.2) is 0 Å². The van der Waals surface area contributed by atoms with Gasteiger partial charge in [-0.15, -0.1) is 11.6 Å². The van der Waals surface area contributed by atoms with E-state index >= 15 is 0 Å². The molecule has 0 spiro atoms. The number of hydrogen-bond acceptors (Lipinski definition) is 3. The average Bonchev–Trinajstić information content (AvgIpc) is 2.35. The molecule has 1 N–H and O–H groups in total. The summed E-state index contributed by atoms with van der Waals surface area (Å²) in [6, 6.07) is 4.10. The highest BCUT2D eigenvalue weighted by molar-refractivity contribution is 6.18. The van der Waals surface area contributed by atoms with Gasteiger partial charge in [-0.3, -0.25) is 14.9 Å². The van der Waals surface area contributed by atoms with Gasteiger partial charge in [-0.05, 0) is 18.9 Å².